The van der Waals surface area contributed by atoms with E-state index in [0.29, 0.717) is 50.4 Å². The van der Waals surface area contributed by atoms with Gasteiger partial charge < -0.3 is 19.8 Å². The number of rotatable bonds is 15. The normalized spacial score (nSPS) is 10.8. The van der Waals surface area contributed by atoms with Gasteiger partial charge in [0.25, 0.3) is 11.0 Å². The maximum atomic E-state index is 14.0. The molecule has 0 bridgehead atoms. The number of halogens is 1. The molecule has 10 heteroatoms. The van der Waals surface area contributed by atoms with Crippen molar-refractivity contribution < 1.29 is 23.8 Å². The summed E-state index contributed by atoms with van der Waals surface area (Å²) in [5.41, 5.74) is 5.01. The number of pyridine rings is 1. The first-order chi connectivity index (χ1) is 21.9. The molecule has 230 valence electrons. The van der Waals surface area contributed by atoms with Crippen molar-refractivity contribution in [2.45, 2.75) is 32.5 Å². The Kier molecular flexibility index (Phi) is 10.5. The minimum atomic E-state index is -0.824. The molecule has 0 aliphatic heterocycles. The van der Waals surface area contributed by atoms with Crippen molar-refractivity contribution in [3.8, 4) is 5.75 Å². The molecule has 5 rings (SSSR count). The highest BCUT2D eigenvalue weighted by molar-refractivity contribution is 5.94. The molecule has 0 aliphatic carbocycles. The molecule has 1 amide bonds. The molecule has 4 aromatic carbocycles. The van der Waals surface area contributed by atoms with Crippen molar-refractivity contribution in [3.05, 3.63) is 148 Å². The monoisotopic (exact) mass is 608 g/mol. The van der Waals surface area contributed by atoms with Crippen LogP contribution in [-0.2, 0) is 24.5 Å². The van der Waals surface area contributed by atoms with Crippen molar-refractivity contribution in [1.29, 1.82) is 0 Å². The number of benzene rings is 4. The van der Waals surface area contributed by atoms with Gasteiger partial charge in [0, 0.05) is 36.3 Å². The van der Waals surface area contributed by atoms with E-state index in [1.54, 1.807) is 18.2 Å². The number of amides is 1. The van der Waals surface area contributed by atoms with Gasteiger partial charge in [0.2, 0.25) is 0 Å². The fourth-order valence-electron chi connectivity index (χ4n) is 4.85. The van der Waals surface area contributed by atoms with E-state index >= 15 is 0 Å². The number of para-hydroxylation sites is 1. The van der Waals surface area contributed by atoms with Gasteiger partial charge in [-0.3, -0.25) is 4.79 Å². The van der Waals surface area contributed by atoms with E-state index < -0.39 is 5.09 Å². The Morgan fingerprint density at radius 2 is 1.64 bits per heavy atom. The molecule has 1 N–H and O–H groups in total. The third-order valence-electron chi connectivity index (χ3n) is 7.15. The van der Waals surface area contributed by atoms with Crippen LogP contribution in [0.4, 0.5) is 10.1 Å². The quantitative estimate of drug-likeness (QED) is 0.0785. The molecule has 0 unspecified atom stereocenters. The number of ether oxygens (including phenoxy) is 1. The standard InChI is InChI=1S/C35H33FN4O5/c36-30-8-5-6-27(22-30)24-39(23-26-10-12-29(13-11-26)35(41)37-20-3-4-21-45-40(42)43)32-16-18-33(19-17-32)44-25-31-15-14-28-7-1-2-9-34(28)38-31/h1-2,5-19,22H,3-4,20-21,23-25H2,(H,37,41). The van der Waals surface area contributed by atoms with Gasteiger partial charge in [0.1, 0.15) is 18.2 Å². The van der Waals surface area contributed by atoms with Gasteiger partial charge in [-0.2, -0.15) is 0 Å². The lowest BCUT2D eigenvalue weighted by molar-refractivity contribution is -0.757. The number of unbranched alkanes of at least 4 members (excludes halogenated alkanes) is 1. The van der Waals surface area contributed by atoms with Gasteiger partial charge >= 0.3 is 0 Å². The molecule has 1 heterocycles. The van der Waals surface area contributed by atoms with Gasteiger partial charge in [0.15, 0.2) is 0 Å². The van der Waals surface area contributed by atoms with Crippen LogP contribution >= 0.6 is 0 Å². The maximum Gasteiger partial charge on any atom is 0.294 e. The Morgan fingerprint density at radius 1 is 0.867 bits per heavy atom. The van der Waals surface area contributed by atoms with Crippen molar-refractivity contribution >= 4 is 22.5 Å². The van der Waals surface area contributed by atoms with Crippen LogP contribution in [0.2, 0.25) is 0 Å². The Balaban J connectivity index is 1.22. The number of nitrogens with zero attached hydrogens (tertiary/aromatic N) is 3. The zero-order valence-corrected chi connectivity index (χ0v) is 24.6. The number of carbonyl (C=O) groups excluding carboxylic acids is 1. The first kappa shape index (κ1) is 30.9. The van der Waals surface area contributed by atoms with Crippen LogP contribution < -0.4 is 15.0 Å². The van der Waals surface area contributed by atoms with Crippen LogP contribution in [0.25, 0.3) is 10.9 Å². The first-order valence-electron chi connectivity index (χ1n) is 14.6. The molecule has 0 aliphatic rings. The summed E-state index contributed by atoms with van der Waals surface area (Å²) in [5.74, 6) is 0.196. The number of carbonyl (C=O) groups is 1. The Labute approximate surface area is 260 Å². The summed E-state index contributed by atoms with van der Waals surface area (Å²) in [6, 6.07) is 33.6. The van der Waals surface area contributed by atoms with Crippen molar-refractivity contribution in [1.82, 2.24) is 10.3 Å². The molecule has 0 saturated heterocycles. The van der Waals surface area contributed by atoms with E-state index in [-0.39, 0.29) is 18.3 Å². The summed E-state index contributed by atoms with van der Waals surface area (Å²) in [5, 5.41) is 13.3. The minimum absolute atomic E-state index is 0.00223. The van der Waals surface area contributed by atoms with Crippen molar-refractivity contribution in [3.63, 3.8) is 0 Å². The number of aromatic nitrogens is 1. The molecular formula is C35H33FN4O5. The van der Waals surface area contributed by atoms with Gasteiger partial charge in [-0.1, -0.05) is 48.5 Å². The Morgan fingerprint density at radius 3 is 2.42 bits per heavy atom. The van der Waals surface area contributed by atoms with E-state index in [0.717, 1.165) is 33.4 Å². The smallest absolute Gasteiger partial charge is 0.294 e. The van der Waals surface area contributed by atoms with E-state index in [2.05, 4.69) is 20.0 Å². The third-order valence-corrected chi connectivity index (χ3v) is 7.15. The van der Waals surface area contributed by atoms with Gasteiger partial charge in [-0.05, 0) is 84.6 Å². The summed E-state index contributed by atoms with van der Waals surface area (Å²) in [6.07, 6.45) is 1.03. The van der Waals surface area contributed by atoms with Crippen LogP contribution in [0.3, 0.4) is 0 Å². The highest BCUT2D eigenvalue weighted by atomic mass is 19.1. The van der Waals surface area contributed by atoms with Gasteiger partial charge in [0.05, 0.1) is 17.8 Å². The average Bonchev–Trinajstić information content (AvgIpc) is 3.05. The molecule has 0 radical (unpaired) electrons. The minimum Gasteiger partial charge on any atom is -0.487 e. The zero-order valence-electron chi connectivity index (χ0n) is 24.6. The fourth-order valence-corrected chi connectivity index (χ4v) is 4.85. The fraction of sp³-hybridized carbons (Fsp3) is 0.200. The van der Waals surface area contributed by atoms with E-state index in [4.69, 9.17) is 4.74 Å². The maximum absolute atomic E-state index is 14.0. The van der Waals surface area contributed by atoms with Crippen LogP contribution in [-0.4, -0.2) is 29.1 Å². The van der Waals surface area contributed by atoms with E-state index in [1.165, 1.54) is 12.1 Å². The van der Waals surface area contributed by atoms with E-state index in [1.807, 2.05) is 78.9 Å². The topological polar surface area (TPSA) is 107 Å². The molecule has 0 fully saturated rings. The van der Waals surface area contributed by atoms with E-state index in [9.17, 15) is 19.3 Å². The van der Waals surface area contributed by atoms with Gasteiger partial charge in [-0.25, -0.2) is 9.37 Å². The van der Waals surface area contributed by atoms with Crippen LogP contribution in [0.1, 0.15) is 40.0 Å². The highest BCUT2D eigenvalue weighted by Gasteiger charge is 2.12. The summed E-state index contributed by atoms with van der Waals surface area (Å²) >= 11 is 0. The molecule has 45 heavy (non-hydrogen) atoms. The summed E-state index contributed by atoms with van der Waals surface area (Å²) in [6.45, 7) is 1.73. The van der Waals surface area contributed by atoms with Crippen LogP contribution in [0.5, 0.6) is 5.75 Å². The van der Waals surface area contributed by atoms with Crippen LogP contribution in [0.15, 0.2) is 109 Å². The molecule has 0 saturated carbocycles. The predicted molar refractivity (Wildman–Crippen MR) is 170 cm³/mol. The molecular weight excluding hydrogens is 575 g/mol. The van der Waals surface area contributed by atoms with Gasteiger partial charge in [-0.15, -0.1) is 10.1 Å². The lowest BCUT2D eigenvalue weighted by atomic mass is 10.1. The number of anilines is 1. The number of hydrogen-bond acceptors (Lipinski definition) is 7. The summed E-state index contributed by atoms with van der Waals surface area (Å²) in [7, 11) is 0. The zero-order chi connectivity index (χ0) is 31.4. The molecule has 0 atom stereocenters. The lowest BCUT2D eigenvalue weighted by Crippen LogP contribution is -2.25. The number of nitrogens with one attached hydrogen (secondary N) is 1. The molecule has 5 aromatic rings. The Hall–Kier alpha value is -5.51. The van der Waals surface area contributed by atoms with Crippen molar-refractivity contribution in [2.75, 3.05) is 18.1 Å². The summed E-state index contributed by atoms with van der Waals surface area (Å²) < 4.78 is 20.0. The molecule has 9 nitrogen and oxygen atoms in total. The number of hydrogen-bond donors (Lipinski definition) is 1. The Bertz CT molecular complexity index is 1730. The van der Waals surface area contributed by atoms with Crippen molar-refractivity contribution in [2.24, 2.45) is 0 Å². The first-order valence-corrected chi connectivity index (χ1v) is 14.6. The SMILES string of the molecule is O=C(NCCCCO[N+](=O)[O-])c1ccc(CN(Cc2cccc(F)c2)c2ccc(OCc3ccc4ccccc4n3)cc2)cc1. The number of fused-ring (bicyclic) bond motifs is 1. The second-order valence-electron chi connectivity index (χ2n) is 10.5. The third kappa shape index (κ3) is 9.24. The lowest BCUT2D eigenvalue weighted by Gasteiger charge is -2.26. The predicted octanol–water partition coefficient (Wildman–Crippen LogP) is 6.88. The molecule has 0 spiro atoms. The highest BCUT2D eigenvalue weighted by Crippen LogP contribution is 2.25. The average molecular weight is 609 g/mol. The largest absolute Gasteiger partial charge is 0.487 e. The molecule has 1 aromatic heterocycles. The summed E-state index contributed by atoms with van der Waals surface area (Å²) in [4.78, 5) is 33.8. The van der Waals surface area contributed by atoms with Crippen LogP contribution in [0, 0.1) is 15.9 Å². The second kappa shape index (κ2) is 15.3. The second-order valence-corrected chi connectivity index (χ2v) is 10.5.